The minimum absolute atomic E-state index is 0.122. The lowest BCUT2D eigenvalue weighted by molar-refractivity contribution is -0.290. The minimum Gasteiger partial charge on any atom is -0.368 e. The van der Waals surface area contributed by atoms with Crippen molar-refractivity contribution >= 4 is 5.78 Å². The van der Waals surface area contributed by atoms with Crippen LogP contribution in [0, 0.1) is 10.8 Å². The highest BCUT2D eigenvalue weighted by Crippen LogP contribution is 2.70. The Kier molecular flexibility index (Phi) is 2.09. The highest BCUT2D eigenvalue weighted by Gasteiger charge is 2.78. The van der Waals surface area contributed by atoms with Crippen LogP contribution >= 0.6 is 0 Å². The average Bonchev–Trinajstić information content (AvgIpc) is 2.67. The third-order valence-corrected chi connectivity index (χ3v) is 6.25. The van der Waals surface area contributed by atoms with Crippen LogP contribution in [0.2, 0.25) is 0 Å². The summed E-state index contributed by atoms with van der Waals surface area (Å²) in [6, 6.07) is 0. The maximum absolute atomic E-state index is 12.0. The minimum atomic E-state index is -0.994. The normalized spacial score (nSPS) is 55.7. The number of hydrogen-bond acceptors (Lipinski definition) is 4. The smallest absolute Gasteiger partial charge is 0.185 e. The van der Waals surface area contributed by atoms with Gasteiger partial charge in [-0.05, 0) is 19.8 Å². The van der Waals surface area contributed by atoms with Crippen LogP contribution in [0.15, 0.2) is 11.6 Å². The number of Topliss-reactive ketones (excluding diaryl/α,β-unsaturated/α-hetero) is 1. The number of ether oxygens (including phenoxy) is 2. The van der Waals surface area contributed by atoms with E-state index in [0.717, 1.165) is 12.8 Å². The van der Waals surface area contributed by atoms with E-state index < -0.39 is 11.9 Å². The SMILES string of the molecule is CC1=CC2OC(O)C34CC(=O)CC3(C)C2(CC1)CO4. The molecule has 0 radical (unpaired) electrons. The van der Waals surface area contributed by atoms with E-state index in [-0.39, 0.29) is 22.7 Å². The Hall–Kier alpha value is -0.710. The average molecular weight is 264 g/mol. The van der Waals surface area contributed by atoms with E-state index in [1.807, 2.05) is 0 Å². The number of ketones is 1. The molecular weight excluding hydrogens is 244 g/mol. The van der Waals surface area contributed by atoms with Crippen molar-refractivity contribution in [2.45, 2.75) is 57.5 Å². The maximum Gasteiger partial charge on any atom is 0.185 e. The van der Waals surface area contributed by atoms with Crippen molar-refractivity contribution in [3.63, 3.8) is 0 Å². The lowest BCUT2D eigenvalue weighted by atomic mass is 9.52. The van der Waals surface area contributed by atoms with E-state index in [9.17, 15) is 9.90 Å². The molecule has 4 aliphatic rings. The Morgan fingerprint density at radius 2 is 2.21 bits per heavy atom. The lowest BCUT2D eigenvalue weighted by Gasteiger charge is -2.56. The molecule has 0 amide bonds. The van der Waals surface area contributed by atoms with Crippen LogP contribution in [0.1, 0.15) is 39.5 Å². The number of rotatable bonds is 0. The fourth-order valence-corrected chi connectivity index (χ4v) is 4.98. The van der Waals surface area contributed by atoms with Crippen LogP contribution in [0.3, 0.4) is 0 Å². The van der Waals surface area contributed by atoms with Crippen LogP contribution in [0.5, 0.6) is 0 Å². The second-order valence-corrected chi connectivity index (χ2v) is 6.98. The lowest BCUT2D eigenvalue weighted by Crippen LogP contribution is -2.64. The standard InChI is InChI=1S/C15H20O4/c1-9-3-4-14-8-18-15(12(17)19-11(14)5-9)7-10(16)6-13(14,15)2/h5,11-12,17H,3-4,6-8H2,1-2H3. The van der Waals surface area contributed by atoms with E-state index in [2.05, 4.69) is 19.9 Å². The fourth-order valence-electron chi connectivity index (χ4n) is 4.98. The Morgan fingerprint density at radius 1 is 1.42 bits per heavy atom. The van der Waals surface area contributed by atoms with Crippen molar-refractivity contribution in [1.82, 2.24) is 0 Å². The molecule has 2 bridgehead atoms. The molecule has 1 N–H and O–H groups in total. The van der Waals surface area contributed by atoms with Gasteiger partial charge in [0.05, 0.1) is 12.7 Å². The Morgan fingerprint density at radius 3 is 3.00 bits per heavy atom. The van der Waals surface area contributed by atoms with Gasteiger partial charge in [-0.25, -0.2) is 0 Å². The molecule has 1 spiro atoms. The van der Waals surface area contributed by atoms with Gasteiger partial charge in [-0.15, -0.1) is 0 Å². The van der Waals surface area contributed by atoms with Crippen molar-refractivity contribution in [2.24, 2.45) is 10.8 Å². The van der Waals surface area contributed by atoms with Crippen LogP contribution in [-0.4, -0.2) is 35.5 Å². The molecule has 5 unspecified atom stereocenters. The monoisotopic (exact) mass is 264 g/mol. The third-order valence-electron chi connectivity index (χ3n) is 6.25. The highest BCUT2D eigenvalue weighted by atomic mass is 16.7. The summed E-state index contributed by atoms with van der Waals surface area (Å²) in [6.07, 6.45) is 3.82. The van der Waals surface area contributed by atoms with Gasteiger partial charge in [-0.1, -0.05) is 18.6 Å². The fraction of sp³-hybridized carbons (Fsp3) is 0.800. The summed E-state index contributed by atoms with van der Waals surface area (Å²) in [6.45, 7) is 4.82. The van der Waals surface area contributed by atoms with Crippen molar-refractivity contribution in [3.05, 3.63) is 11.6 Å². The molecule has 0 aromatic rings. The zero-order chi connectivity index (χ0) is 13.5. The van der Waals surface area contributed by atoms with Crippen molar-refractivity contribution in [1.29, 1.82) is 0 Å². The Labute approximate surface area is 112 Å². The second kappa shape index (κ2) is 3.30. The number of allylic oxidation sites excluding steroid dienone is 1. The summed E-state index contributed by atoms with van der Waals surface area (Å²) >= 11 is 0. The molecular formula is C15H20O4. The zero-order valence-electron chi connectivity index (χ0n) is 11.4. The van der Waals surface area contributed by atoms with Crippen molar-refractivity contribution < 1.29 is 19.4 Å². The molecule has 4 nitrogen and oxygen atoms in total. The molecule has 4 heteroatoms. The molecule has 2 saturated heterocycles. The molecule has 2 heterocycles. The molecule has 0 aromatic heterocycles. The molecule has 104 valence electrons. The predicted octanol–water partition coefficient (Wildman–Crippen LogP) is 1.57. The van der Waals surface area contributed by atoms with E-state index >= 15 is 0 Å². The van der Waals surface area contributed by atoms with Crippen LogP contribution in [0.25, 0.3) is 0 Å². The van der Waals surface area contributed by atoms with E-state index in [4.69, 9.17) is 9.47 Å². The first-order valence-corrected chi connectivity index (χ1v) is 7.10. The number of hydrogen-bond donors (Lipinski definition) is 1. The van der Waals surface area contributed by atoms with Crippen LogP contribution in [0.4, 0.5) is 0 Å². The first-order chi connectivity index (χ1) is 8.93. The highest BCUT2D eigenvalue weighted by molar-refractivity contribution is 5.84. The molecule has 3 fully saturated rings. The van der Waals surface area contributed by atoms with Gasteiger partial charge in [0.15, 0.2) is 6.29 Å². The quantitative estimate of drug-likeness (QED) is 0.675. The largest absolute Gasteiger partial charge is 0.368 e. The molecule has 2 aliphatic carbocycles. The van der Waals surface area contributed by atoms with Gasteiger partial charge in [0.25, 0.3) is 0 Å². The topological polar surface area (TPSA) is 55.8 Å². The van der Waals surface area contributed by atoms with Gasteiger partial charge in [0, 0.05) is 23.7 Å². The third kappa shape index (κ3) is 1.11. The number of carbonyl (C=O) groups is 1. The van der Waals surface area contributed by atoms with Crippen LogP contribution < -0.4 is 0 Å². The van der Waals surface area contributed by atoms with Crippen molar-refractivity contribution in [2.75, 3.05) is 6.61 Å². The summed E-state index contributed by atoms with van der Waals surface area (Å²) < 4.78 is 11.9. The maximum atomic E-state index is 12.0. The summed E-state index contributed by atoms with van der Waals surface area (Å²) in [5, 5.41) is 10.4. The van der Waals surface area contributed by atoms with E-state index in [1.54, 1.807) is 0 Å². The molecule has 5 atom stereocenters. The summed E-state index contributed by atoms with van der Waals surface area (Å²) in [7, 11) is 0. The summed E-state index contributed by atoms with van der Waals surface area (Å²) in [4.78, 5) is 12.0. The zero-order valence-corrected chi connectivity index (χ0v) is 11.4. The van der Waals surface area contributed by atoms with E-state index in [1.165, 1.54) is 5.57 Å². The first kappa shape index (κ1) is 12.1. The molecule has 2 aliphatic heterocycles. The van der Waals surface area contributed by atoms with Gasteiger partial charge in [0.1, 0.15) is 11.4 Å². The van der Waals surface area contributed by atoms with Gasteiger partial charge in [-0.2, -0.15) is 0 Å². The number of aliphatic hydroxyl groups is 1. The predicted molar refractivity (Wildman–Crippen MR) is 67.3 cm³/mol. The molecule has 0 aromatic carbocycles. The Balaban J connectivity index is 1.91. The molecule has 4 rings (SSSR count). The number of aliphatic hydroxyl groups excluding tert-OH is 1. The summed E-state index contributed by atoms with van der Waals surface area (Å²) in [5.41, 5.74) is 0.0592. The summed E-state index contributed by atoms with van der Waals surface area (Å²) in [5.74, 6) is 0.191. The van der Waals surface area contributed by atoms with E-state index in [0.29, 0.717) is 19.4 Å². The van der Waals surface area contributed by atoms with Gasteiger partial charge < -0.3 is 14.6 Å². The van der Waals surface area contributed by atoms with Gasteiger partial charge >= 0.3 is 0 Å². The van der Waals surface area contributed by atoms with Crippen LogP contribution in [-0.2, 0) is 14.3 Å². The Bertz CT molecular complexity index is 498. The molecule has 19 heavy (non-hydrogen) atoms. The van der Waals surface area contributed by atoms with Crippen molar-refractivity contribution in [3.8, 4) is 0 Å². The van der Waals surface area contributed by atoms with Gasteiger partial charge in [0.2, 0.25) is 0 Å². The van der Waals surface area contributed by atoms with Gasteiger partial charge in [-0.3, -0.25) is 4.79 Å². The number of carbonyl (C=O) groups excluding carboxylic acids is 1. The second-order valence-electron chi connectivity index (χ2n) is 6.98. The first-order valence-electron chi connectivity index (χ1n) is 7.10. The molecule has 1 saturated carbocycles.